The van der Waals surface area contributed by atoms with Crippen LogP contribution in [0, 0.1) is 0 Å². The van der Waals surface area contributed by atoms with E-state index in [0.29, 0.717) is 9.21 Å². The fourth-order valence-electron chi connectivity index (χ4n) is 1.40. The van der Waals surface area contributed by atoms with E-state index in [1.54, 1.807) is 12.1 Å². The number of Topliss-reactive ketones (excluding diaryl/α,β-unsaturated/α-hetero) is 1. The summed E-state index contributed by atoms with van der Waals surface area (Å²) in [4.78, 5) is 24.8. The molecule has 0 aliphatic heterocycles. The number of carbonyl (C=O) groups is 2. The van der Waals surface area contributed by atoms with E-state index >= 15 is 0 Å². The number of ketones is 1. The Morgan fingerprint density at radius 1 is 1.19 bits per heavy atom. The Morgan fingerprint density at radius 3 is 2.52 bits per heavy atom. The lowest BCUT2D eigenvalue weighted by molar-refractivity contribution is -0.139. The van der Waals surface area contributed by atoms with Gasteiger partial charge in [-0.1, -0.05) is 27.5 Å². The maximum absolute atomic E-state index is 11.7. The van der Waals surface area contributed by atoms with Crippen LogP contribution in [0.2, 0.25) is 4.34 Å². The summed E-state index contributed by atoms with van der Waals surface area (Å²) in [5.41, 5.74) is 0. The molecule has 3 nitrogen and oxygen atoms in total. The fourth-order valence-corrected chi connectivity index (χ4v) is 3.32. The van der Waals surface area contributed by atoms with E-state index in [1.807, 2.05) is 24.3 Å². The SMILES string of the molecule is O=C(CSc1ccc(Br)cc1)OCC(=O)c1ccc(Cl)s1. The molecule has 0 spiro atoms. The number of thiophene rings is 1. The Kier molecular flexibility index (Phi) is 6.29. The van der Waals surface area contributed by atoms with Crippen molar-refractivity contribution in [2.75, 3.05) is 12.4 Å². The number of ether oxygens (including phenoxy) is 1. The predicted molar refractivity (Wildman–Crippen MR) is 89.5 cm³/mol. The van der Waals surface area contributed by atoms with Crippen LogP contribution in [0.4, 0.5) is 0 Å². The molecule has 0 bridgehead atoms. The van der Waals surface area contributed by atoms with Gasteiger partial charge in [0.05, 0.1) is 15.0 Å². The van der Waals surface area contributed by atoms with Gasteiger partial charge in [0.1, 0.15) is 0 Å². The topological polar surface area (TPSA) is 43.4 Å². The molecular formula is C14H10BrClO3S2. The number of hydrogen-bond donors (Lipinski definition) is 0. The number of hydrogen-bond acceptors (Lipinski definition) is 5. The molecule has 7 heteroatoms. The molecule has 0 unspecified atom stereocenters. The van der Waals surface area contributed by atoms with Crippen LogP contribution in [-0.4, -0.2) is 24.1 Å². The van der Waals surface area contributed by atoms with Crippen LogP contribution >= 0.6 is 50.6 Å². The first kappa shape index (κ1) is 16.5. The molecule has 0 saturated heterocycles. The molecule has 21 heavy (non-hydrogen) atoms. The largest absolute Gasteiger partial charge is 0.457 e. The Hall–Kier alpha value is -0.820. The lowest BCUT2D eigenvalue weighted by Crippen LogP contribution is -2.14. The van der Waals surface area contributed by atoms with Crippen LogP contribution in [0.15, 0.2) is 45.8 Å². The number of benzene rings is 1. The molecule has 1 aromatic carbocycles. The van der Waals surface area contributed by atoms with Gasteiger partial charge in [-0.2, -0.15) is 0 Å². The molecule has 0 amide bonds. The molecule has 0 fully saturated rings. The summed E-state index contributed by atoms with van der Waals surface area (Å²) in [6.07, 6.45) is 0. The molecule has 0 aliphatic rings. The van der Waals surface area contributed by atoms with Crippen molar-refractivity contribution >= 4 is 62.4 Å². The van der Waals surface area contributed by atoms with Crippen molar-refractivity contribution < 1.29 is 14.3 Å². The average Bonchev–Trinajstić information content (AvgIpc) is 2.91. The van der Waals surface area contributed by atoms with Crippen molar-refractivity contribution in [2.24, 2.45) is 0 Å². The Bertz CT molecular complexity index is 640. The average molecular weight is 406 g/mol. The van der Waals surface area contributed by atoms with Gasteiger partial charge < -0.3 is 4.74 Å². The van der Waals surface area contributed by atoms with Gasteiger partial charge in [0.25, 0.3) is 0 Å². The molecule has 110 valence electrons. The van der Waals surface area contributed by atoms with Crippen LogP contribution in [0.5, 0.6) is 0 Å². The number of halogens is 2. The molecule has 0 saturated carbocycles. The Balaban J connectivity index is 1.74. The zero-order valence-electron chi connectivity index (χ0n) is 10.7. The molecule has 0 aliphatic carbocycles. The molecule has 1 heterocycles. The van der Waals surface area contributed by atoms with Crippen molar-refractivity contribution in [3.63, 3.8) is 0 Å². The molecule has 2 aromatic rings. The van der Waals surface area contributed by atoms with Crippen LogP contribution in [0.25, 0.3) is 0 Å². The summed E-state index contributed by atoms with van der Waals surface area (Å²) in [6.45, 7) is -0.253. The summed E-state index contributed by atoms with van der Waals surface area (Å²) in [7, 11) is 0. The summed E-state index contributed by atoms with van der Waals surface area (Å²) in [6, 6.07) is 10.9. The first-order valence-corrected chi connectivity index (χ1v) is 8.84. The first-order chi connectivity index (χ1) is 10.0. The minimum Gasteiger partial charge on any atom is -0.457 e. The minimum atomic E-state index is -0.418. The van der Waals surface area contributed by atoms with Crippen LogP contribution in [-0.2, 0) is 9.53 Å². The third kappa shape index (κ3) is 5.47. The van der Waals surface area contributed by atoms with E-state index in [-0.39, 0.29) is 18.1 Å². The van der Waals surface area contributed by atoms with Crippen molar-refractivity contribution in [3.05, 3.63) is 50.1 Å². The monoisotopic (exact) mass is 404 g/mol. The second-order valence-electron chi connectivity index (χ2n) is 3.93. The summed E-state index contributed by atoms with van der Waals surface area (Å²) < 4.78 is 6.48. The molecule has 0 radical (unpaired) electrons. The Morgan fingerprint density at radius 2 is 1.90 bits per heavy atom. The number of rotatable bonds is 6. The normalized spacial score (nSPS) is 10.4. The van der Waals surface area contributed by atoms with Gasteiger partial charge in [-0.05, 0) is 36.4 Å². The Labute approximate surface area is 143 Å². The van der Waals surface area contributed by atoms with E-state index in [2.05, 4.69) is 15.9 Å². The van der Waals surface area contributed by atoms with Crippen LogP contribution in [0.1, 0.15) is 9.67 Å². The summed E-state index contributed by atoms with van der Waals surface area (Å²) in [5, 5.41) is 0. The van der Waals surface area contributed by atoms with E-state index in [9.17, 15) is 9.59 Å². The molecule has 2 rings (SSSR count). The van der Waals surface area contributed by atoms with Crippen molar-refractivity contribution in [2.45, 2.75) is 4.90 Å². The lowest BCUT2D eigenvalue weighted by atomic mass is 10.3. The second kappa shape index (κ2) is 7.98. The van der Waals surface area contributed by atoms with Crippen molar-refractivity contribution in [3.8, 4) is 0 Å². The molecular weight excluding hydrogens is 396 g/mol. The summed E-state index contributed by atoms with van der Waals surface area (Å²) in [5.74, 6) is -0.493. The van der Waals surface area contributed by atoms with Crippen LogP contribution in [0.3, 0.4) is 0 Å². The lowest BCUT2D eigenvalue weighted by Gasteiger charge is -2.03. The van der Waals surface area contributed by atoms with E-state index < -0.39 is 5.97 Å². The number of carbonyl (C=O) groups excluding carboxylic acids is 2. The highest BCUT2D eigenvalue weighted by molar-refractivity contribution is 9.10. The van der Waals surface area contributed by atoms with Crippen molar-refractivity contribution in [1.82, 2.24) is 0 Å². The fraction of sp³-hybridized carbons (Fsp3) is 0.143. The van der Waals surface area contributed by atoms with E-state index in [0.717, 1.165) is 9.37 Å². The minimum absolute atomic E-state index is 0.167. The quantitative estimate of drug-likeness (QED) is 0.397. The molecule has 1 aromatic heterocycles. The first-order valence-electron chi connectivity index (χ1n) is 5.87. The van der Waals surface area contributed by atoms with Gasteiger partial charge in [-0.3, -0.25) is 9.59 Å². The highest BCUT2D eigenvalue weighted by atomic mass is 79.9. The molecule has 0 N–H and O–H groups in total. The maximum Gasteiger partial charge on any atom is 0.316 e. The van der Waals surface area contributed by atoms with E-state index in [4.69, 9.17) is 16.3 Å². The number of thioether (sulfide) groups is 1. The number of esters is 1. The van der Waals surface area contributed by atoms with Gasteiger partial charge in [-0.15, -0.1) is 23.1 Å². The third-order valence-corrected chi connectivity index (χ3v) is 5.17. The highest BCUT2D eigenvalue weighted by Gasteiger charge is 2.12. The van der Waals surface area contributed by atoms with Crippen LogP contribution < -0.4 is 0 Å². The molecule has 0 atom stereocenters. The zero-order chi connectivity index (χ0) is 15.2. The third-order valence-electron chi connectivity index (χ3n) is 2.38. The van der Waals surface area contributed by atoms with Gasteiger partial charge >= 0.3 is 5.97 Å². The zero-order valence-corrected chi connectivity index (χ0v) is 14.7. The smallest absolute Gasteiger partial charge is 0.316 e. The maximum atomic E-state index is 11.7. The second-order valence-corrected chi connectivity index (χ2v) is 7.61. The van der Waals surface area contributed by atoms with E-state index in [1.165, 1.54) is 23.1 Å². The van der Waals surface area contributed by atoms with Crippen molar-refractivity contribution in [1.29, 1.82) is 0 Å². The standard InChI is InChI=1S/C14H10BrClO3S2/c15-9-1-3-10(4-2-9)20-8-14(18)19-7-11(17)12-5-6-13(16)21-12/h1-6H,7-8H2. The van der Waals surface area contributed by atoms with Gasteiger partial charge in [0, 0.05) is 9.37 Å². The summed E-state index contributed by atoms with van der Waals surface area (Å²) >= 11 is 11.6. The van der Waals surface area contributed by atoms with Gasteiger partial charge in [-0.25, -0.2) is 0 Å². The predicted octanol–water partition coefficient (Wildman–Crippen LogP) is 4.68. The highest BCUT2D eigenvalue weighted by Crippen LogP contribution is 2.22. The van der Waals surface area contributed by atoms with Gasteiger partial charge in [0.15, 0.2) is 6.61 Å². The van der Waals surface area contributed by atoms with Gasteiger partial charge in [0.2, 0.25) is 5.78 Å².